The van der Waals surface area contributed by atoms with E-state index in [1.165, 1.54) is 18.2 Å². The van der Waals surface area contributed by atoms with E-state index in [4.69, 9.17) is 23.2 Å². The lowest BCUT2D eigenvalue weighted by molar-refractivity contribution is 0.480. The molecule has 0 spiro atoms. The van der Waals surface area contributed by atoms with E-state index < -0.39 is 10.0 Å². The van der Waals surface area contributed by atoms with Gasteiger partial charge in [-0.3, -0.25) is 0 Å². The number of hydrogen-bond donors (Lipinski definition) is 1. The molecule has 1 N–H and O–H groups in total. The first-order valence-corrected chi connectivity index (χ1v) is 9.25. The molecule has 0 atom stereocenters. The van der Waals surface area contributed by atoms with E-state index in [-0.39, 0.29) is 15.3 Å². The van der Waals surface area contributed by atoms with Crippen molar-refractivity contribution in [2.75, 3.05) is 11.9 Å². The summed E-state index contributed by atoms with van der Waals surface area (Å²) in [5.74, 6) is 0. The Morgan fingerprint density at radius 2 is 1.95 bits per heavy atom. The molecule has 0 amide bonds. The number of halogens is 3. The predicted octanol–water partition coefficient (Wildman–Crippen LogP) is 3.84. The summed E-state index contributed by atoms with van der Waals surface area (Å²) in [6, 6.07) is 4.32. The molecule has 106 valence electrons. The van der Waals surface area contributed by atoms with Gasteiger partial charge in [0.05, 0.1) is 14.9 Å². The Morgan fingerprint density at radius 1 is 1.26 bits per heavy atom. The number of hydrogen-bond acceptors (Lipinski definition) is 2. The van der Waals surface area contributed by atoms with Crippen molar-refractivity contribution >= 4 is 49.2 Å². The number of alkyl halides is 1. The Morgan fingerprint density at radius 3 is 2.47 bits per heavy atom. The van der Waals surface area contributed by atoms with Gasteiger partial charge in [-0.25, -0.2) is 13.1 Å². The monoisotopic (exact) mass is 385 g/mol. The van der Waals surface area contributed by atoms with Crippen LogP contribution in [0.5, 0.6) is 0 Å². The average molecular weight is 387 g/mol. The zero-order chi connectivity index (χ0) is 14.1. The maximum atomic E-state index is 12.1. The topological polar surface area (TPSA) is 46.2 Å². The van der Waals surface area contributed by atoms with Crippen molar-refractivity contribution < 1.29 is 8.42 Å². The van der Waals surface area contributed by atoms with E-state index in [2.05, 4.69) is 20.7 Å². The first-order chi connectivity index (χ1) is 8.88. The number of rotatable bonds is 6. The fraction of sp³-hybridized carbons (Fsp3) is 0.500. The average Bonchev–Trinajstić information content (AvgIpc) is 3.11. The smallest absolute Gasteiger partial charge is 0.211 e. The van der Waals surface area contributed by atoms with Crippen LogP contribution < -0.4 is 4.72 Å². The van der Waals surface area contributed by atoms with Crippen molar-refractivity contribution in [2.24, 2.45) is 5.41 Å². The van der Waals surface area contributed by atoms with Crippen LogP contribution in [0.4, 0.5) is 0 Å². The second-order valence-electron chi connectivity index (χ2n) is 4.84. The van der Waals surface area contributed by atoms with Crippen molar-refractivity contribution in [1.29, 1.82) is 0 Å². The maximum absolute atomic E-state index is 12.1. The highest BCUT2D eigenvalue weighted by Crippen LogP contribution is 2.48. The van der Waals surface area contributed by atoms with Crippen LogP contribution in [0.2, 0.25) is 10.0 Å². The zero-order valence-electron chi connectivity index (χ0n) is 10.1. The molecule has 1 aliphatic carbocycles. The fourth-order valence-corrected chi connectivity index (χ4v) is 4.25. The van der Waals surface area contributed by atoms with Gasteiger partial charge < -0.3 is 0 Å². The van der Waals surface area contributed by atoms with Gasteiger partial charge in [0.1, 0.15) is 0 Å². The third kappa shape index (κ3) is 3.85. The van der Waals surface area contributed by atoms with Crippen LogP contribution in [-0.4, -0.2) is 20.3 Å². The van der Waals surface area contributed by atoms with Gasteiger partial charge in [0, 0.05) is 11.9 Å². The highest BCUT2D eigenvalue weighted by Gasteiger charge is 2.42. The van der Waals surface area contributed by atoms with Crippen LogP contribution in [0.3, 0.4) is 0 Å². The molecule has 0 aromatic heterocycles. The summed E-state index contributed by atoms with van der Waals surface area (Å²) in [5.41, 5.74) is 0.132. The zero-order valence-corrected chi connectivity index (χ0v) is 14.0. The third-order valence-corrected chi connectivity index (χ3v) is 5.95. The predicted molar refractivity (Wildman–Crippen MR) is 81.7 cm³/mol. The summed E-state index contributed by atoms with van der Waals surface area (Å²) in [6.45, 7) is 0.473. The third-order valence-electron chi connectivity index (χ3n) is 3.42. The Labute approximate surface area is 131 Å². The van der Waals surface area contributed by atoms with Crippen LogP contribution in [0.25, 0.3) is 0 Å². The Kier molecular flexibility index (Phi) is 4.83. The lowest BCUT2D eigenvalue weighted by atomic mass is 10.1. The van der Waals surface area contributed by atoms with Crippen LogP contribution in [0.15, 0.2) is 23.1 Å². The molecule has 7 heteroatoms. The number of sulfonamides is 1. The molecule has 1 saturated carbocycles. The van der Waals surface area contributed by atoms with Crippen molar-refractivity contribution in [3.8, 4) is 0 Å². The van der Waals surface area contributed by atoms with Gasteiger partial charge in [-0.15, -0.1) is 0 Å². The Bertz CT molecular complexity index is 573. The molecule has 0 bridgehead atoms. The molecule has 0 saturated heterocycles. The van der Waals surface area contributed by atoms with E-state index in [1.807, 2.05) is 0 Å². The molecule has 1 aromatic rings. The highest BCUT2D eigenvalue weighted by atomic mass is 79.9. The molecule has 0 aliphatic heterocycles. The molecule has 19 heavy (non-hydrogen) atoms. The second kappa shape index (κ2) is 5.90. The lowest BCUT2D eigenvalue weighted by Gasteiger charge is -2.15. The molecule has 0 radical (unpaired) electrons. The van der Waals surface area contributed by atoms with Gasteiger partial charge in [0.15, 0.2) is 0 Å². The normalized spacial score (nSPS) is 17.4. The minimum Gasteiger partial charge on any atom is -0.211 e. The summed E-state index contributed by atoms with van der Waals surface area (Å²) in [5, 5.41) is 1.48. The molecular weight excluding hydrogens is 373 g/mol. The van der Waals surface area contributed by atoms with Crippen LogP contribution in [-0.2, 0) is 10.0 Å². The van der Waals surface area contributed by atoms with E-state index in [0.29, 0.717) is 11.6 Å². The van der Waals surface area contributed by atoms with Crippen molar-refractivity contribution in [3.63, 3.8) is 0 Å². The largest absolute Gasteiger partial charge is 0.240 e. The van der Waals surface area contributed by atoms with Crippen LogP contribution in [0, 0.1) is 5.41 Å². The molecular formula is C12H14BrCl2NO2S. The van der Waals surface area contributed by atoms with Crippen LogP contribution >= 0.6 is 39.1 Å². The summed E-state index contributed by atoms with van der Waals surface area (Å²) in [4.78, 5) is 0.150. The lowest BCUT2D eigenvalue weighted by Crippen LogP contribution is -2.30. The number of nitrogens with one attached hydrogen (secondary N) is 1. The SMILES string of the molecule is O=S(=O)(NCC1(CCBr)CC1)c1ccc(Cl)c(Cl)c1. The van der Waals surface area contributed by atoms with Crippen molar-refractivity contribution in [3.05, 3.63) is 28.2 Å². The van der Waals surface area contributed by atoms with Crippen LogP contribution in [0.1, 0.15) is 19.3 Å². The minimum atomic E-state index is -3.52. The highest BCUT2D eigenvalue weighted by molar-refractivity contribution is 9.09. The first kappa shape index (κ1) is 15.6. The van der Waals surface area contributed by atoms with Gasteiger partial charge in [0.2, 0.25) is 10.0 Å². The van der Waals surface area contributed by atoms with Gasteiger partial charge in [-0.05, 0) is 42.9 Å². The summed E-state index contributed by atoms with van der Waals surface area (Å²) >= 11 is 15.0. The fourth-order valence-electron chi connectivity index (χ4n) is 1.87. The summed E-state index contributed by atoms with van der Waals surface area (Å²) in [7, 11) is -3.52. The number of benzene rings is 1. The van der Waals surface area contributed by atoms with Crippen molar-refractivity contribution in [2.45, 2.75) is 24.2 Å². The quantitative estimate of drug-likeness (QED) is 0.755. The Hall–Kier alpha value is 0.190. The van der Waals surface area contributed by atoms with E-state index in [1.54, 1.807) is 0 Å². The van der Waals surface area contributed by atoms with Crippen molar-refractivity contribution in [1.82, 2.24) is 4.72 Å². The van der Waals surface area contributed by atoms with Gasteiger partial charge in [-0.1, -0.05) is 39.1 Å². The van der Waals surface area contributed by atoms with Gasteiger partial charge >= 0.3 is 0 Å². The van der Waals surface area contributed by atoms with E-state index in [0.717, 1.165) is 24.6 Å². The standard InChI is InChI=1S/C12H14BrCl2NO2S/c13-6-5-12(3-4-12)8-16-19(17,18)9-1-2-10(14)11(15)7-9/h1-2,7,16H,3-6,8H2. The molecule has 1 aliphatic rings. The summed E-state index contributed by atoms with van der Waals surface area (Å²) < 4.78 is 27.0. The molecule has 2 rings (SSSR count). The molecule has 0 unspecified atom stereocenters. The summed E-state index contributed by atoms with van der Waals surface area (Å²) in [6.07, 6.45) is 3.13. The molecule has 1 fully saturated rings. The minimum absolute atomic E-state index is 0.132. The van der Waals surface area contributed by atoms with Gasteiger partial charge in [0.25, 0.3) is 0 Å². The van der Waals surface area contributed by atoms with Gasteiger partial charge in [-0.2, -0.15) is 0 Å². The second-order valence-corrected chi connectivity index (χ2v) is 8.21. The molecule has 3 nitrogen and oxygen atoms in total. The Balaban J connectivity index is 2.08. The van der Waals surface area contributed by atoms with E-state index >= 15 is 0 Å². The molecule has 0 heterocycles. The maximum Gasteiger partial charge on any atom is 0.240 e. The first-order valence-electron chi connectivity index (χ1n) is 5.89. The van der Waals surface area contributed by atoms with E-state index in [9.17, 15) is 8.42 Å². The molecule has 1 aromatic carbocycles.